The molecule has 1 radical (unpaired) electrons. The summed E-state index contributed by atoms with van der Waals surface area (Å²) < 4.78 is 10.5. The molecular weight excluding hydrogens is 268 g/mol. The number of carbonyl (C=O) groups is 1. The molecule has 4 heteroatoms. The second-order valence-electron chi connectivity index (χ2n) is 4.47. The molecule has 103 valence electrons. The number of fused-ring (bicyclic) bond motifs is 1. The molecule has 0 bridgehead atoms. The Morgan fingerprint density at radius 2 is 1.76 bits per heavy atom. The van der Waals surface area contributed by atoms with Gasteiger partial charge in [0.2, 0.25) is 0 Å². The topological polar surface area (TPSA) is 56.5 Å². The lowest BCUT2D eigenvalue weighted by atomic mass is 10.1. The normalized spacial score (nSPS) is 10.5. The lowest BCUT2D eigenvalue weighted by molar-refractivity contribution is 0.0473. The number of esters is 1. The van der Waals surface area contributed by atoms with Gasteiger partial charge in [-0.3, -0.25) is 4.79 Å². The molecule has 1 aromatic heterocycles. The highest BCUT2D eigenvalue weighted by molar-refractivity contribution is 6.08. The van der Waals surface area contributed by atoms with Gasteiger partial charge in [0.05, 0.1) is 0 Å². The van der Waals surface area contributed by atoms with Gasteiger partial charge in [-0.1, -0.05) is 48.5 Å². The quantitative estimate of drug-likeness (QED) is 0.688. The van der Waals surface area contributed by atoms with Crippen LogP contribution >= 0.6 is 0 Å². The van der Waals surface area contributed by atoms with Crippen molar-refractivity contribution in [2.75, 3.05) is 0 Å². The van der Waals surface area contributed by atoms with E-state index in [2.05, 4.69) is 0 Å². The summed E-state index contributed by atoms with van der Waals surface area (Å²) in [5.41, 5.74) is 1.45. The molecule has 1 heterocycles. The zero-order valence-corrected chi connectivity index (χ0v) is 11.0. The van der Waals surface area contributed by atoms with Crippen LogP contribution in [0.5, 0.6) is 0 Å². The molecule has 3 aromatic rings. The van der Waals surface area contributed by atoms with Gasteiger partial charge in [0.25, 0.3) is 6.29 Å². The average molecular weight is 279 g/mol. The molecule has 0 fully saturated rings. The van der Waals surface area contributed by atoms with Crippen LogP contribution in [0.2, 0.25) is 0 Å². The summed E-state index contributed by atoms with van der Waals surface area (Å²) >= 11 is 0. The largest absolute Gasteiger partial charge is 0.457 e. The highest BCUT2D eigenvalue weighted by Gasteiger charge is 2.22. The molecule has 3 rings (SSSR count). The van der Waals surface area contributed by atoms with Crippen LogP contribution in [0.4, 0.5) is 0 Å². The maximum absolute atomic E-state index is 12.2. The Hall–Kier alpha value is -2.88. The van der Waals surface area contributed by atoms with Crippen LogP contribution < -0.4 is 0 Å². The SMILES string of the molecule is O=[C]c1oc2ccccc2c1C(=O)OCc1ccccc1. The highest BCUT2D eigenvalue weighted by Crippen LogP contribution is 2.25. The summed E-state index contributed by atoms with van der Waals surface area (Å²) in [6, 6.07) is 16.2. The molecule has 0 aliphatic carbocycles. The molecule has 21 heavy (non-hydrogen) atoms. The first-order valence-corrected chi connectivity index (χ1v) is 6.40. The summed E-state index contributed by atoms with van der Waals surface area (Å²) in [6.45, 7) is 0.136. The first-order valence-electron chi connectivity index (χ1n) is 6.40. The number of furan rings is 1. The summed E-state index contributed by atoms with van der Waals surface area (Å²) in [6.07, 6.45) is 1.65. The molecule has 2 aromatic carbocycles. The van der Waals surface area contributed by atoms with E-state index in [1.807, 2.05) is 30.3 Å². The predicted octanol–water partition coefficient (Wildman–Crippen LogP) is 3.25. The molecule has 0 saturated heterocycles. The van der Waals surface area contributed by atoms with E-state index in [4.69, 9.17) is 9.15 Å². The van der Waals surface area contributed by atoms with Crippen LogP contribution in [0.25, 0.3) is 11.0 Å². The zero-order chi connectivity index (χ0) is 14.7. The number of benzene rings is 2. The van der Waals surface area contributed by atoms with Crippen LogP contribution in [0.1, 0.15) is 21.7 Å². The monoisotopic (exact) mass is 279 g/mol. The third-order valence-electron chi connectivity index (χ3n) is 3.11. The Morgan fingerprint density at radius 3 is 2.52 bits per heavy atom. The van der Waals surface area contributed by atoms with Gasteiger partial charge in [-0.15, -0.1) is 0 Å². The van der Waals surface area contributed by atoms with E-state index in [0.717, 1.165) is 5.56 Å². The number of carbonyl (C=O) groups excluding carboxylic acids is 2. The van der Waals surface area contributed by atoms with Crippen LogP contribution in [0.15, 0.2) is 59.0 Å². The van der Waals surface area contributed by atoms with Gasteiger partial charge in [-0.05, 0) is 11.6 Å². The van der Waals surface area contributed by atoms with Crippen molar-refractivity contribution in [3.63, 3.8) is 0 Å². The fourth-order valence-corrected chi connectivity index (χ4v) is 2.12. The van der Waals surface area contributed by atoms with Crippen molar-refractivity contribution < 1.29 is 18.7 Å². The number of rotatable bonds is 4. The van der Waals surface area contributed by atoms with Crippen molar-refractivity contribution in [3.8, 4) is 0 Å². The van der Waals surface area contributed by atoms with Gasteiger partial charge < -0.3 is 9.15 Å². The maximum Gasteiger partial charge on any atom is 0.343 e. The Morgan fingerprint density at radius 1 is 1.05 bits per heavy atom. The van der Waals surface area contributed by atoms with Crippen molar-refractivity contribution in [1.29, 1.82) is 0 Å². The molecule has 4 nitrogen and oxygen atoms in total. The van der Waals surface area contributed by atoms with Gasteiger partial charge in [0.1, 0.15) is 17.8 Å². The van der Waals surface area contributed by atoms with Gasteiger partial charge in [0, 0.05) is 5.39 Å². The van der Waals surface area contributed by atoms with E-state index in [9.17, 15) is 9.59 Å². The van der Waals surface area contributed by atoms with Gasteiger partial charge in [-0.25, -0.2) is 4.79 Å². The fourth-order valence-electron chi connectivity index (χ4n) is 2.12. The minimum atomic E-state index is -0.595. The first kappa shape index (κ1) is 13.1. The molecule has 0 aliphatic rings. The molecule has 0 atom stereocenters. The van der Waals surface area contributed by atoms with Gasteiger partial charge >= 0.3 is 5.97 Å². The van der Waals surface area contributed by atoms with Crippen LogP contribution in [0.3, 0.4) is 0 Å². The predicted molar refractivity (Wildman–Crippen MR) is 76.6 cm³/mol. The third-order valence-corrected chi connectivity index (χ3v) is 3.11. The molecule has 0 N–H and O–H groups in total. The minimum absolute atomic E-state index is 0.122. The van der Waals surface area contributed by atoms with Crippen molar-refractivity contribution in [3.05, 3.63) is 71.5 Å². The second kappa shape index (κ2) is 5.63. The fraction of sp³-hybridized carbons (Fsp3) is 0.0588. The summed E-state index contributed by atoms with van der Waals surface area (Å²) in [4.78, 5) is 23.2. The van der Waals surface area contributed by atoms with E-state index in [1.165, 1.54) is 0 Å². The second-order valence-corrected chi connectivity index (χ2v) is 4.47. The van der Waals surface area contributed by atoms with Gasteiger partial charge in [-0.2, -0.15) is 0 Å². The van der Waals surface area contributed by atoms with Crippen molar-refractivity contribution >= 4 is 23.2 Å². The maximum atomic E-state index is 12.2. The Kier molecular flexibility index (Phi) is 3.51. The molecule has 0 aliphatic heterocycles. The number of hydrogen-bond acceptors (Lipinski definition) is 4. The first-order chi connectivity index (χ1) is 10.3. The van der Waals surface area contributed by atoms with Gasteiger partial charge in [0.15, 0.2) is 5.76 Å². The van der Waals surface area contributed by atoms with Crippen LogP contribution in [0, 0.1) is 0 Å². The Balaban J connectivity index is 1.89. The standard InChI is InChI=1S/C17H11O4/c18-10-15-16(13-8-4-5-9-14(13)21-15)17(19)20-11-12-6-2-1-3-7-12/h1-9H,11H2. The number of hydrogen-bond donors (Lipinski definition) is 0. The van der Waals surface area contributed by atoms with Crippen LogP contribution in [-0.4, -0.2) is 12.3 Å². The molecule has 0 amide bonds. The van der Waals surface area contributed by atoms with E-state index in [1.54, 1.807) is 30.6 Å². The highest BCUT2D eigenvalue weighted by atomic mass is 16.5. The molecular formula is C17H11O4. The third kappa shape index (κ3) is 2.56. The lowest BCUT2D eigenvalue weighted by Gasteiger charge is -2.04. The van der Waals surface area contributed by atoms with Crippen LogP contribution in [-0.2, 0) is 16.1 Å². The van der Waals surface area contributed by atoms with E-state index >= 15 is 0 Å². The van der Waals surface area contributed by atoms with E-state index < -0.39 is 5.97 Å². The Labute approximate surface area is 120 Å². The van der Waals surface area contributed by atoms with E-state index in [0.29, 0.717) is 11.0 Å². The average Bonchev–Trinajstić information content (AvgIpc) is 2.92. The van der Waals surface area contributed by atoms with Crippen molar-refractivity contribution in [2.45, 2.75) is 6.61 Å². The van der Waals surface area contributed by atoms with E-state index in [-0.39, 0.29) is 17.9 Å². The smallest absolute Gasteiger partial charge is 0.343 e. The van der Waals surface area contributed by atoms with Crippen molar-refractivity contribution in [1.82, 2.24) is 0 Å². The minimum Gasteiger partial charge on any atom is -0.457 e. The molecule has 0 spiro atoms. The number of para-hydroxylation sites is 1. The molecule has 0 unspecified atom stereocenters. The summed E-state index contributed by atoms with van der Waals surface area (Å²) in [5, 5.41) is 0.550. The summed E-state index contributed by atoms with van der Waals surface area (Å²) in [7, 11) is 0. The van der Waals surface area contributed by atoms with Crippen molar-refractivity contribution in [2.24, 2.45) is 0 Å². The zero-order valence-electron chi connectivity index (χ0n) is 11.0. The Bertz CT molecular complexity index is 787. The lowest BCUT2D eigenvalue weighted by Crippen LogP contribution is -2.07. The number of ether oxygens (including phenoxy) is 1. The molecule has 0 saturated carbocycles. The summed E-state index contributed by atoms with van der Waals surface area (Å²) in [5.74, 6) is -0.726.